The Morgan fingerprint density at radius 2 is 1.47 bits per heavy atom. The van der Waals surface area contributed by atoms with E-state index in [1.165, 1.54) is 11.1 Å². The lowest BCUT2D eigenvalue weighted by Crippen LogP contribution is -2.04. The lowest BCUT2D eigenvalue weighted by molar-refractivity contribution is 0.818. The molecule has 1 aromatic carbocycles. The van der Waals surface area contributed by atoms with Crippen LogP contribution in [-0.4, -0.2) is 4.98 Å². The van der Waals surface area contributed by atoms with E-state index in [1.807, 2.05) is 19.1 Å². The molecule has 1 aromatic heterocycles. The molecule has 15 heavy (non-hydrogen) atoms. The number of nitrogens with two attached hydrogens (primary N) is 1. The van der Waals surface area contributed by atoms with Crippen LogP contribution in [0.5, 0.6) is 0 Å². The second-order valence-electron chi connectivity index (χ2n) is 3.65. The second-order valence-corrected chi connectivity index (χ2v) is 3.65. The fourth-order valence-corrected chi connectivity index (χ4v) is 1.52. The van der Waals surface area contributed by atoms with Gasteiger partial charge >= 0.3 is 0 Å². The number of aromatic nitrogens is 1. The van der Waals surface area contributed by atoms with Gasteiger partial charge in [0, 0.05) is 18.4 Å². The molecular weight excluding hydrogens is 184 g/mol. The third-order valence-electron chi connectivity index (χ3n) is 2.45. The van der Waals surface area contributed by atoms with Crippen molar-refractivity contribution in [1.82, 2.24) is 4.98 Å². The Hall–Kier alpha value is -1.67. The van der Waals surface area contributed by atoms with Crippen molar-refractivity contribution >= 4 is 0 Å². The minimum atomic E-state index is 0.0940. The zero-order valence-electron chi connectivity index (χ0n) is 8.72. The third kappa shape index (κ3) is 2.22. The summed E-state index contributed by atoms with van der Waals surface area (Å²) in [5.41, 5.74) is 9.33. The Bertz CT molecular complexity index is 418. The van der Waals surface area contributed by atoms with E-state index in [0.29, 0.717) is 0 Å². The van der Waals surface area contributed by atoms with Gasteiger partial charge in [0.15, 0.2) is 0 Å². The van der Waals surface area contributed by atoms with Crippen LogP contribution in [0.2, 0.25) is 0 Å². The fourth-order valence-electron chi connectivity index (χ4n) is 1.52. The molecule has 0 saturated carbocycles. The highest BCUT2D eigenvalue weighted by atomic mass is 14.6. The largest absolute Gasteiger partial charge is 0.324 e. The van der Waals surface area contributed by atoms with Gasteiger partial charge in [-0.3, -0.25) is 4.98 Å². The zero-order valence-corrected chi connectivity index (χ0v) is 8.72. The Morgan fingerprint density at radius 3 is 2.00 bits per heavy atom. The number of rotatable bonds is 2. The maximum Gasteiger partial charge on any atom is 0.0273 e. The van der Waals surface area contributed by atoms with Crippen molar-refractivity contribution in [2.75, 3.05) is 0 Å². The van der Waals surface area contributed by atoms with E-state index in [1.54, 1.807) is 12.4 Å². The molecule has 76 valence electrons. The Kier molecular flexibility index (Phi) is 2.79. The summed E-state index contributed by atoms with van der Waals surface area (Å²) in [6, 6.07) is 12.4. The lowest BCUT2D eigenvalue weighted by atomic mass is 10.0. The Balaban J connectivity index is 2.32. The molecule has 0 radical (unpaired) electrons. The number of nitrogens with zero attached hydrogens (tertiary/aromatic N) is 1. The van der Waals surface area contributed by atoms with Gasteiger partial charge in [-0.25, -0.2) is 0 Å². The highest BCUT2D eigenvalue weighted by Gasteiger charge is 2.00. The van der Waals surface area contributed by atoms with Crippen LogP contribution in [0.1, 0.15) is 18.5 Å². The average Bonchev–Trinajstić information content (AvgIpc) is 2.30. The van der Waals surface area contributed by atoms with Gasteiger partial charge in [0.1, 0.15) is 0 Å². The topological polar surface area (TPSA) is 38.9 Å². The van der Waals surface area contributed by atoms with Crippen molar-refractivity contribution in [3.05, 3.63) is 54.4 Å². The highest BCUT2D eigenvalue weighted by molar-refractivity contribution is 5.62. The van der Waals surface area contributed by atoms with Crippen LogP contribution in [0.15, 0.2) is 48.8 Å². The quantitative estimate of drug-likeness (QED) is 0.805. The van der Waals surface area contributed by atoms with Crippen molar-refractivity contribution in [3.63, 3.8) is 0 Å². The molecule has 0 unspecified atom stereocenters. The first kappa shape index (κ1) is 9.87. The predicted molar refractivity (Wildman–Crippen MR) is 62.3 cm³/mol. The first-order chi connectivity index (χ1) is 7.27. The lowest BCUT2D eigenvalue weighted by Gasteiger charge is -2.06. The zero-order chi connectivity index (χ0) is 10.7. The second kappa shape index (κ2) is 4.24. The Morgan fingerprint density at radius 1 is 0.933 bits per heavy atom. The highest BCUT2D eigenvalue weighted by Crippen LogP contribution is 2.20. The SMILES string of the molecule is C[C@@H](N)c1ccc(-c2ccncc2)cc1. The molecule has 0 aliphatic carbocycles. The Labute approximate surface area is 89.8 Å². The number of hydrogen-bond acceptors (Lipinski definition) is 2. The van der Waals surface area contributed by atoms with E-state index in [-0.39, 0.29) is 6.04 Å². The minimum Gasteiger partial charge on any atom is -0.324 e. The van der Waals surface area contributed by atoms with Crippen LogP contribution < -0.4 is 5.73 Å². The van der Waals surface area contributed by atoms with Crippen molar-refractivity contribution < 1.29 is 0 Å². The first-order valence-electron chi connectivity index (χ1n) is 5.03. The van der Waals surface area contributed by atoms with Crippen molar-refractivity contribution in [1.29, 1.82) is 0 Å². The molecule has 0 aliphatic rings. The molecule has 2 heteroatoms. The average molecular weight is 198 g/mol. The number of pyridine rings is 1. The van der Waals surface area contributed by atoms with Crippen LogP contribution in [0, 0.1) is 0 Å². The molecule has 0 amide bonds. The van der Waals surface area contributed by atoms with Crippen LogP contribution >= 0.6 is 0 Å². The van der Waals surface area contributed by atoms with Crippen LogP contribution in [0.4, 0.5) is 0 Å². The molecule has 0 saturated heterocycles. The smallest absolute Gasteiger partial charge is 0.0273 e. The number of benzene rings is 1. The van der Waals surface area contributed by atoms with Crippen LogP contribution in [0.25, 0.3) is 11.1 Å². The summed E-state index contributed by atoms with van der Waals surface area (Å²) in [7, 11) is 0. The van der Waals surface area contributed by atoms with Gasteiger partial charge in [-0.05, 0) is 35.7 Å². The van der Waals surface area contributed by atoms with E-state index < -0.39 is 0 Å². The first-order valence-corrected chi connectivity index (χ1v) is 5.03. The molecule has 0 spiro atoms. The molecule has 1 atom stereocenters. The molecule has 2 N–H and O–H groups in total. The molecule has 2 aromatic rings. The molecule has 0 fully saturated rings. The van der Waals surface area contributed by atoms with Gasteiger partial charge in [0.05, 0.1) is 0 Å². The summed E-state index contributed by atoms with van der Waals surface area (Å²) < 4.78 is 0. The predicted octanol–water partition coefficient (Wildman–Crippen LogP) is 2.77. The summed E-state index contributed by atoms with van der Waals surface area (Å²) in [6.07, 6.45) is 3.60. The van der Waals surface area contributed by atoms with Crippen LogP contribution in [0.3, 0.4) is 0 Å². The van der Waals surface area contributed by atoms with Crippen molar-refractivity contribution in [2.45, 2.75) is 13.0 Å². The summed E-state index contributed by atoms with van der Waals surface area (Å²) in [5, 5.41) is 0. The normalized spacial score (nSPS) is 12.4. The minimum absolute atomic E-state index is 0.0940. The van der Waals surface area contributed by atoms with E-state index in [2.05, 4.69) is 29.2 Å². The maximum atomic E-state index is 5.79. The van der Waals surface area contributed by atoms with Gasteiger partial charge in [-0.15, -0.1) is 0 Å². The van der Waals surface area contributed by atoms with E-state index in [9.17, 15) is 0 Å². The summed E-state index contributed by atoms with van der Waals surface area (Å²) in [5.74, 6) is 0. The van der Waals surface area contributed by atoms with Gasteiger partial charge in [-0.2, -0.15) is 0 Å². The van der Waals surface area contributed by atoms with Crippen LogP contribution in [-0.2, 0) is 0 Å². The third-order valence-corrected chi connectivity index (χ3v) is 2.45. The monoisotopic (exact) mass is 198 g/mol. The molecular formula is C13H14N2. The maximum absolute atomic E-state index is 5.79. The molecule has 0 bridgehead atoms. The molecule has 0 aliphatic heterocycles. The van der Waals surface area contributed by atoms with E-state index in [0.717, 1.165) is 5.56 Å². The summed E-state index contributed by atoms with van der Waals surface area (Å²) in [4.78, 5) is 4.00. The van der Waals surface area contributed by atoms with Gasteiger partial charge in [-0.1, -0.05) is 24.3 Å². The molecule has 2 rings (SSSR count). The fraction of sp³-hybridized carbons (Fsp3) is 0.154. The standard InChI is InChI=1S/C13H14N2/c1-10(14)11-2-4-12(5-3-11)13-6-8-15-9-7-13/h2-10H,14H2,1H3/t10-/m1/s1. The van der Waals surface area contributed by atoms with E-state index >= 15 is 0 Å². The van der Waals surface area contributed by atoms with Gasteiger partial charge in [0.2, 0.25) is 0 Å². The van der Waals surface area contributed by atoms with Crippen molar-refractivity contribution in [3.8, 4) is 11.1 Å². The van der Waals surface area contributed by atoms with Gasteiger partial charge in [0.25, 0.3) is 0 Å². The van der Waals surface area contributed by atoms with Gasteiger partial charge < -0.3 is 5.73 Å². The molecule has 1 heterocycles. The van der Waals surface area contributed by atoms with E-state index in [4.69, 9.17) is 5.73 Å². The number of hydrogen-bond donors (Lipinski definition) is 1. The summed E-state index contributed by atoms with van der Waals surface area (Å²) in [6.45, 7) is 1.99. The summed E-state index contributed by atoms with van der Waals surface area (Å²) >= 11 is 0. The molecule has 2 nitrogen and oxygen atoms in total. The van der Waals surface area contributed by atoms with Crippen molar-refractivity contribution in [2.24, 2.45) is 5.73 Å².